The molecule has 0 spiro atoms. The van der Waals surface area contributed by atoms with E-state index in [2.05, 4.69) is 0 Å². The largest absolute Gasteiger partial charge is 0.388 e. The number of sulfone groups is 1. The minimum atomic E-state index is -3.64. The molecule has 0 saturated heterocycles. The highest BCUT2D eigenvalue weighted by Gasteiger charge is 2.25. The summed E-state index contributed by atoms with van der Waals surface area (Å²) in [5.74, 6) is 0. The Morgan fingerprint density at radius 2 is 1.89 bits per heavy atom. The summed E-state index contributed by atoms with van der Waals surface area (Å²) in [6, 6.07) is 6.63. The first kappa shape index (κ1) is 15.7. The van der Waals surface area contributed by atoms with Crippen LogP contribution in [0, 0.1) is 6.92 Å². The normalized spacial score (nSPS) is 14.8. The Bertz CT molecular complexity index is 566. The average Bonchev–Trinajstić information content (AvgIpc) is 2.39. The van der Waals surface area contributed by atoms with Crippen molar-refractivity contribution in [2.24, 2.45) is 0 Å². The van der Waals surface area contributed by atoms with E-state index in [1.807, 2.05) is 6.92 Å². The van der Waals surface area contributed by atoms with Crippen LogP contribution in [0.15, 0.2) is 52.3 Å². The fourth-order valence-electron chi connectivity index (χ4n) is 1.63. The number of allylic oxidation sites excluding steroid dienone is 3. The van der Waals surface area contributed by atoms with Crippen LogP contribution in [0.5, 0.6) is 0 Å². The Balaban J connectivity index is 3.31. The minimum Gasteiger partial charge on any atom is -0.388 e. The molecule has 0 aliphatic heterocycles. The molecule has 3 nitrogen and oxygen atoms in total. The third-order valence-electron chi connectivity index (χ3n) is 2.81. The van der Waals surface area contributed by atoms with Crippen molar-refractivity contribution < 1.29 is 13.5 Å². The maximum atomic E-state index is 12.5. The van der Waals surface area contributed by atoms with E-state index in [-0.39, 0.29) is 9.80 Å². The third-order valence-corrected chi connectivity index (χ3v) is 4.73. The molecule has 0 amide bonds. The SMILES string of the molecule is C/C=C/C=C(\C(O)CC)S(=O)(=O)c1ccc(C)cc1. The second-order valence-electron chi connectivity index (χ2n) is 4.34. The Kier molecular flexibility index (Phi) is 5.51. The van der Waals surface area contributed by atoms with Crippen molar-refractivity contribution in [1.82, 2.24) is 0 Å². The second-order valence-corrected chi connectivity index (χ2v) is 6.29. The highest BCUT2D eigenvalue weighted by molar-refractivity contribution is 7.95. The van der Waals surface area contributed by atoms with Gasteiger partial charge >= 0.3 is 0 Å². The van der Waals surface area contributed by atoms with Crippen LogP contribution < -0.4 is 0 Å². The summed E-state index contributed by atoms with van der Waals surface area (Å²) in [6.07, 6.45) is 4.19. The zero-order chi connectivity index (χ0) is 14.5. The number of benzene rings is 1. The number of aliphatic hydroxyl groups is 1. The molecular weight excluding hydrogens is 260 g/mol. The van der Waals surface area contributed by atoms with Crippen molar-refractivity contribution >= 4 is 9.84 Å². The van der Waals surface area contributed by atoms with E-state index in [4.69, 9.17) is 0 Å². The molecule has 0 fully saturated rings. The van der Waals surface area contributed by atoms with E-state index in [1.54, 1.807) is 50.3 Å². The van der Waals surface area contributed by atoms with Gasteiger partial charge in [-0.1, -0.05) is 36.8 Å². The Morgan fingerprint density at radius 1 is 1.32 bits per heavy atom. The third kappa shape index (κ3) is 3.78. The van der Waals surface area contributed by atoms with Gasteiger partial charge in [0.15, 0.2) is 0 Å². The van der Waals surface area contributed by atoms with Gasteiger partial charge in [0, 0.05) is 0 Å². The van der Waals surface area contributed by atoms with E-state index < -0.39 is 15.9 Å². The van der Waals surface area contributed by atoms with Crippen molar-refractivity contribution in [1.29, 1.82) is 0 Å². The zero-order valence-corrected chi connectivity index (χ0v) is 12.3. The van der Waals surface area contributed by atoms with Gasteiger partial charge in [-0.05, 0) is 38.5 Å². The van der Waals surface area contributed by atoms with Crippen LogP contribution >= 0.6 is 0 Å². The van der Waals surface area contributed by atoms with Crippen LogP contribution in [0.25, 0.3) is 0 Å². The molecule has 0 saturated carbocycles. The van der Waals surface area contributed by atoms with Crippen LogP contribution in [0.2, 0.25) is 0 Å². The van der Waals surface area contributed by atoms with E-state index in [0.29, 0.717) is 6.42 Å². The summed E-state index contributed by atoms with van der Waals surface area (Å²) in [4.78, 5) is 0.248. The molecule has 0 heterocycles. The molecular formula is C15H20O3S. The van der Waals surface area contributed by atoms with Gasteiger partial charge in [-0.15, -0.1) is 0 Å². The van der Waals surface area contributed by atoms with Crippen molar-refractivity contribution in [2.45, 2.75) is 38.2 Å². The molecule has 0 aliphatic rings. The number of hydrogen-bond acceptors (Lipinski definition) is 3. The van der Waals surface area contributed by atoms with Crippen molar-refractivity contribution in [3.8, 4) is 0 Å². The fraction of sp³-hybridized carbons (Fsp3) is 0.333. The molecule has 0 bridgehead atoms. The number of rotatable bonds is 5. The Labute approximate surface area is 115 Å². The summed E-state index contributed by atoms with van der Waals surface area (Å²) in [5.41, 5.74) is 0.994. The lowest BCUT2D eigenvalue weighted by Gasteiger charge is -2.14. The molecule has 19 heavy (non-hydrogen) atoms. The number of aryl methyl sites for hydroxylation is 1. The number of hydrogen-bond donors (Lipinski definition) is 1. The average molecular weight is 280 g/mol. The predicted molar refractivity (Wildman–Crippen MR) is 77.6 cm³/mol. The number of aliphatic hydroxyl groups excluding tert-OH is 1. The van der Waals surface area contributed by atoms with Crippen LogP contribution in [-0.2, 0) is 9.84 Å². The second kappa shape index (κ2) is 6.68. The van der Waals surface area contributed by atoms with Gasteiger partial charge in [-0.2, -0.15) is 0 Å². The first-order valence-electron chi connectivity index (χ1n) is 6.26. The molecule has 1 aromatic carbocycles. The molecule has 104 valence electrons. The molecule has 0 aliphatic carbocycles. The summed E-state index contributed by atoms with van der Waals surface area (Å²) in [7, 11) is -3.64. The Morgan fingerprint density at radius 3 is 2.37 bits per heavy atom. The summed E-state index contributed by atoms with van der Waals surface area (Å²) in [6.45, 7) is 5.44. The predicted octanol–water partition coefficient (Wildman–Crippen LogP) is 3.00. The summed E-state index contributed by atoms with van der Waals surface area (Å²) >= 11 is 0. The summed E-state index contributed by atoms with van der Waals surface area (Å²) in [5, 5.41) is 9.91. The molecule has 4 heteroatoms. The van der Waals surface area contributed by atoms with Crippen molar-refractivity contribution in [3.63, 3.8) is 0 Å². The lowest BCUT2D eigenvalue weighted by atomic mass is 10.2. The van der Waals surface area contributed by atoms with Gasteiger partial charge in [0.25, 0.3) is 0 Å². The first-order chi connectivity index (χ1) is 8.93. The van der Waals surface area contributed by atoms with E-state index in [0.717, 1.165) is 5.56 Å². The highest BCUT2D eigenvalue weighted by Crippen LogP contribution is 2.23. The van der Waals surface area contributed by atoms with Crippen molar-refractivity contribution in [2.75, 3.05) is 0 Å². The maximum Gasteiger partial charge on any atom is 0.205 e. The smallest absolute Gasteiger partial charge is 0.205 e. The quantitative estimate of drug-likeness (QED) is 0.844. The minimum absolute atomic E-state index is 0.0388. The van der Waals surface area contributed by atoms with Crippen LogP contribution in [0.1, 0.15) is 25.8 Å². The molecule has 1 aromatic rings. The standard InChI is InChI=1S/C15H20O3S/c1-4-6-7-15(14(16)5-2)19(17,18)13-10-8-12(3)9-11-13/h4,6-11,14,16H,5H2,1-3H3/b6-4+,15-7+. The van der Waals surface area contributed by atoms with Crippen LogP contribution in [0.3, 0.4) is 0 Å². The molecule has 0 aromatic heterocycles. The molecule has 1 N–H and O–H groups in total. The van der Waals surface area contributed by atoms with Gasteiger partial charge in [0.1, 0.15) is 0 Å². The Hall–Kier alpha value is -1.39. The van der Waals surface area contributed by atoms with Crippen LogP contribution in [0.4, 0.5) is 0 Å². The highest BCUT2D eigenvalue weighted by atomic mass is 32.2. The lowest BCUT2D eigenvalue weighted by Crippen LogP contribution is -2.18. The molecule has 1 rings (SSSR count). The first-order valence-corrected chi connectivity index (χ1v) is 7.74. The summed E-state index contributed by atoms with van der Waals surface area (Å²) < 4.78 is 25.0. The van der Waals surface area contributed by atoms with Crippen molar-refractivity contribution in [3.05, 3.63) is 53.0 Å². The molecule has 1 unspecified atom stereocenters. The van der Waals surface area contributed by atoms with Gasteiger partial charge in [-0.3, -0.25) is 0 Å². The van der Waals surface area contributed by atoms with Gasteiger partial charge in [-0.25, -0.2) is 8.42 Å². The van der Waals surface area contributed by atoms with E-state index in [9.17, 15) is 13.5 Å². The maximum absolute atomic E-state index is 12.5. The monoisotopic (exact) mass is 280 g/mol. The van der Waals surface area contributed by atoms with Crippen LogP contribution in [-0.4, -0.2) is 19.6 Å². The lowest BCUT2D eigenvalue weighted by molar-refractivity contribution is 0.214. The van der Waals surface area contributed by atoms with Gasteiger partial charge in [0.05, 0.1) is 15.9 Å². The van der Waals surface area contributed by atoms with E-state index >= 15 is 0 Å². The van der Waals surface area contributed by atoms with E-state index in [1.165, 1.54) is 6.08 Å². The molecule has 0 radical (unpaired) electrons. The van der Waals surface area contributed by atoms with Gasteiger partial charge in [0.2, 0.25) is 9.84 Å². The zero-order valence-electron chi connectivity index (χ0n) is 11.5. The van der Waals surface area contributed by atoms with Gasteiger partial charge < -0.3 is 5.11 Å². The molecule has 1 atom stereocenters. The topological polar surface area (TPSA) is 54.4 Å². The fourth-order valence-corrected chi connectivity index (χ4v) is 3.17.